The smallest absolute Gasteiger partial charge is 0.248 e. The first-order valence-electron chi connectivity index (χ1n) is 6.90. The second-order valence-electron chi connectivity index (χ2n) is 4.71. The van der Waals surface area contributed by atoms with Gasteiger partial charge in [-0.15, -0.1) is 0 Å². The van der Waals surface area contributed by atoms with E-state index < -0.39 is 0 Å². The fraction of sp³-hybridized carbons (Fsp3) is 0. The van der Waals surface area contributed by atoms with Gasteiger partial charge in [0.15, 0.2) is 0 Å². The zero-order valence-corrected chi connectivity index (χ0v) is 12.3. The van der Waals surface area contributed by atoms with Crippen molar-refractivity contribution >= 4 is 29.6 Å². The van der Waals surface area contributed by atoms with E-state index >= 15 is 0 Å². The van der Waals surface area contributed by atoms with Crippen molar-refractivity contribution in [2.75, 3.05) is 5.32 Å². The van der Waals surface area contributed by atoms with Gasteiger partial charge in [-0.25, -0.2) is 4.39 Å². The Morgan fingerprint density at radius 2 is 1.83 bits per heavy atom. The summed E-state index contributed by atoms with van der Waals surface area (Å²) in [5, 5.41) is 9.65. The maximum atomic E-state index is 13.4. The summed E-state index contributed by atoms with van der Waals surface area (Å²) < 4.78 is 13.4. The summed E-state index contributed by atoms with van der Waals surface area (Å²) in [6.07, 6.45) is 5.28. The average Bonchev–Trinajstić information content (AvgIpc) is 2.55. The Balaban J connectivity index is 2.02. The van der Waals surface area contributed by atoms with Gasteiger partial charge < -0.3 is 16.5 Å². The zero-order chi connectivity index (χ0) is 16.7. The molecule has 0 spiro atoms. The standard InChI is InChI=1S/C18H16FN3O/c19-16-4-2-1-3-13(16)7-10-18(23)22-15-8-5-14(6-9-15)17(21)11-12-20/h1-12,20H,21H2,(H,22,23)/b10-7+,17-11-,20-12?. The highest BCUT2D eigenvalue weighted by Crippen LogP contribution is 2.14. The Morgan fingerprint density at radius 3 is 2.48 bits per heavy atom. The number of rotatable bonds is 5. The molecule has 0 aliphatic heterocycles. The van der Waals surface area contributed by atoms with Gasteiger partial charge >= 0.3 is 0 Å². The number of carbonyl (C=O) groups is 1. The van der Waals surface area contributed by atoms with Crippen molar-refractivity contribution in [3.05, 3.63) is 77.6 Å². The number of hydrogen-bond acceptors (Lipinski definition) is 3. The summed E-state index contributed by atoms with van der Waals surface area (Å²) in [6.45, 7) is 0. The maximum Gasteiger partial charge on any atom is 0.248 e. The molecule has 2 aromatic carbocycles. The summed E-state index contributed by atoms with van der Waals surface area (Å²) in [6, 6.07) is 13.1. The highest BCUT2D eigenvalue weighted by atomic mass is 19.1. The Morgan fingerprint density at radius 1 is 1.13 bits per heavy atom. The minimum Gasteiger partial charge on any atom is -0.398 e. The number of halogens is 1. The molecule has 0 aromatic heterocycles. The Hall–Kier alpha value is -3.21. The molecule has 0 bridgehead atoms. The van der Waals surface area contributed by atoms with E-state index in [0.29, 0.717) is 16.9 Å². The van der Waals surface area contributed by atoms with Crippen molar-refractivity contribution in [2.45, 2.75) is 0 Å². The summed E-state index contributed by atoms with van der Waals surface area (Å²) in [5.74, 6) is -0.738. The largest absolute Gasteiger partial charge is 0.398 e. The van der Waals surface area contributed by atoms with Gasteiger partial charge in [0.05, 0.1) is 0 Å². The first-order chi connectivity index (χ1) is 11.1. The molecule has 0 atom stereocenters. The van der Waals surface area contributed by atoms with Crippen LogP contribution in [0.4, 0.5) is 10.1 Å². The van der Waals surface area contributed by atoms with E-state index in [1.807, 2.05) is 0 Å². The van der Waals surface area contributed by atoms with Gasteiger partial charge in [0.25, 0.3) is 0 Å². The van der Waals surface area contributed by atoms with E-state index in [2.05, 4.69) is 5.32 Å². The molecule has 0 saturated heterocycles. The van der Waals surface area contributed by atoms with E-state index in [4.69, 9.17) is 11.1 Å². The van der Waals surface area contributed by atoms with Crippen molar-refractivity contribution < 1.29 is 9.18 Å². The fourth-order valence-electron chi connectivity index (χ4n) is 1.89. The van der Waals surface area contributed by atoms with Crippen LogP contribution in [0.3, 0.4) is 0 Å². The molecular weight excluding hydrogens is 293 g/mol. The van der Waals surface area contributed by atoms with E-state index in [0.717, 1.165) is 11.8 Å². The minimum absolute atomic E-state index is 0.350. The topological polar surface area (TPSA) is 79.0 Å². The van der Waals surface area contributed by atoms with Crippen LogP contribution >= 0.6 is 0 Å². The SMILES string of the molecule is N=C/C=C(\N)c1ccc(NC(=O)/C=C/c2ccccc2F)cc1. The molecule has 23 heavy (non-hydrogen) atoms. The fourth-order valence-corrected chi connectivity index (χ4v) is 1.89. The monoisotopic (exact) mass is 309 g/mol. The highest BCUT2D eigenvalue weighted by molar-refractivity contribution is 6.02. The molecule has 0 aliphatic rings. The summed E-state index contributed by atoms with van der Waals surface area (Å²) in [5.41, 5.74) is 7.93. The van der Waals surface area contributed by atoms with Gasteiger partial charge in [0, 0.05) is 29.2 Å². The van der Waals surface area contributed by atoms with Crippen molar-refractivity contribution in [2.24, 2.45) is 5.73 Å². The van der Waals surface area contributed by atoms with Crippen LogP contribution in [0.15, 0.2) is 60.7 Å². The van der Waals surface area contributed by atoms with Crippen molar-refractivity contribution in [1.29, 1.82) is 5.41 Å². The van der Waals surface area contributed by atoms with Gasteiger partial charge in [0.2, 0.25) is 5.91 Å². The molecule has 0 saturated carbocycles. The number of nitrogens with two attached hydrogens (primary N) is 1. The molecule has 4 N–H and O–H groups in total. The first-order valence-corrected chi connectivity index (χ1v) is 6.90. The number of carbonyl (C=O) groups excluding carboxylic acids is 1. The lowest BCUT2D eigenvalue weighted by molar-refractivity contribution is -0.111. The zero-order valence-electron chi connectivity index (χ0n) is 12.3. The molecule has 0 aliphatic carbocycles. The molecule has 4 nitrogen and oxygen atoms in total. The molecule has 5 heteroatoms. The number of anilines is 1. The normalized spacial score (nSPS) is 11.4. The predicted molar refractivity (Wildman–Crippen MR) is 91.5 cm³/mol. The summed E-state index contributed by atoms with van der Waals surface area (Å²) in [4.78, 5) is 11.8. The van der Waals surface area contributed by atoms with Crippen LogP contribution in [0.5, 0.6) is 0 Å². The first kappa shape index (κ1) is 16.2. The van der Waals surface area contributed by atoms with E-state index in [9.17, 15) is 9.18 Å². The third kappa shape index (κ3) is 4.64. The molecule has 0 radical (unpaired) electrons. The third-order valence-electron chi connectivity index (χ3n) is 3.07. The number of amides is 1. The lowest BCUT2D eigenvalue weighted by Crippen LogP contribution is -2.08. The molecule has 0 unspecified atom stereocenters. The van der Waals surface area contributed by atoms with Crippen LogP contribution in [-0.4, -0.2) is 12.1 Å². The van der Waals surface area contributed by atoms with Crippen molar-refractivity contribution in [1.82, 2.24) is 0 Å². The van der Waals surface area contributed by atoms with E-state index in [-0.39, 0.29) is 11.7 Å². The molecule has 2 aromatic rings. The average molecular weight is 309 g/mol. The van der Waals surface area contributed by atoms with Crippen LogP contribution < -0.4 is 11.1 Å². The lowest BCUT2D eigenvalue weighted by Gasteiger charge is -2.05. The number of nitrogens with one attached hydrogen (secondary N) is 2. The second-order valence-corrected chi connectivity index (χ2v) is 4.71. The van der Waals surface area contributed by atoms with Gasteiger partial charge in [0.1, 0.15) is 5.82 Å². The number of hydrogen-bond donors (Lipinski definition) is 3. The third-order valence-corrected chi connectivity index (χ3v) is 3.07. The number of benzene rings is 2. The lowest BCUT2D eigenvalue weighted by atomic mass is 10.1. The minimum atomic E-state index is -0.380. The van der Waals surface area contributed by atoms with Crippen LogP contribution in [-0.2, 0) is 4.79 Å². The molecule has 1 amide bonds. The quantitative estimate of drug-likeness (QED) is 0.584. The number of allylic oxidation sites excluding steroid dienone is 1. The Bertz CT molecular complexity index is 764. The van der Waals surface area contributed by atoms with E-state index in [1.165, 1.54) is 24.3 Å². The van der Waals surface area contributed by atoms with Crippen LogP contribution in [0.2, 0.25) is 0 Å². The van der Waals surface area contributed by atoms with Gasteiger partial charge in [-0.1, -0.05) is 30.3 Å². The summed E-state index contributed by atoms with van der Waals surface area (Å²) in [7, 11) is 0. The second kappa shape index (κ2) is 7.70. The maximum absolute atomic E-state index is 13.4. The van der Waals surface area contributed by atoms with Crippen molar-refractivity contribution in [3.63, 3.8) is 0 Å². The molecule has 2 rings (SSSR count). The van der Waals surface area contributed by atoms with E-state index in [1.54, 1.807) is 42.5 Å². The molecular formula is C18H16FN3O. The summed E-state index contributed by atoms with van der Waals surface area (Å²) >= 11 is 0. The highest BCUT2D eigenvalue weighted by Gasteiger charge is 2.01. The van der Waals surface area contributed by atoms with Gasteiger partial charge in [-0.05, 0) is 35.9 Å². The molecule has 0 heterocycles. The van der Waals surface area contributed by atoms with Gasteiger partial charge in [-0.3, -0.25) is 4.79 Å². The van der Waals surface area contributed by atoms with Crippen molar-refractivity contribution in [3.8, 4) is 0 Å². The molecule has 0 fully saturated rings. The Labute approximate surface area is 133 Å². The van der Waals surface area contributed by atoms with Gasteiger partial charge in [-0.2, -0.15) is 0 Å². The Kier molecular flexibility index (Phi) is 5.41. The van der Waals surface area contributed by atoms with Crippen LogP contribution in [0, 0.1) is 11.2 Å². The van der Waals surface area contributed by atoms with Crippen LogP contribution in [0.25, 0.3) is 11.8 Å². The van der Waals surface area contributed by atoms with Crippen LogP contribution in [0.1, 0.15) is 11.1 Å². The molecule has 116 valence electrons. The predicted octanol–water partition coefficient (Wildman–Crippen LogP) is 3.43.